The molecule has 0 aromatic heterocycles. The van der Waals surface area contributed by atoms with E-state index in [1.165, 1.54) is 51.1 Å². The van der Waals surface area contributed by atoms with Gasteiger partial charge in [0.15, 0.2) is 0 Å². The summed E-state index contributed by atoms with van der Waals surface area (Å²) in [4.78, 5) is 0. The fourth-order valence-corrected chi connectivity index (χ4v) is 17.5. The predicted molar refractivity (Wildman–Crippen MR) is 221 cm³/mol. The number of hydrogen-bond donors (Lipinski definition) is 0. The molecule has 0 atom stereocenters. The molecule has 6 aromatic carbocycles. The van der Waals surface area contributed by atoms with Gasteiger partial charge < -0.3 is 0 Å². The van der Waals surface area contributed by atoms with E-state index in [-0.39, 0.29) is 10.8 Å². The van der Waals surface area contributed by atoms with Crippen molar-refractivity contribution < 1.29 is 0 Å². The average molecular weight is 679 g/mol. The van der Waals surface area contributed by atoms with E-state index in [1.54, 1.807) is 0 Å². The van der Waals surface area contributed by atoms with Gasteiger partial charge in [-0.3, -0.25) is 0 Å². The first-order chi connectivity index (χ1) is 23.8. The van der Waals surface area contributed by atoms with Crippen LogP contribution in [0.25, 0.3) is 0 Å². The van der Waals surface area contributed by atoms with Crippen LogP contribution < -0.4 is 31.8 Å². The Hall–Kier alpha value is -3.82. The molecule has 0 heterocycles. The minimum absolute atomic E-state index is 0.167. The molecule has 0 radical (unpaired) electrons. The molecule has 2 heteroatoms. The molecule has 6 aromatic rings. The Morgan fingerprint density at radius 2 is 0.490 bits per heavy atom. The van der Waals surface area contributed by atoms with Crippen LogP contribution in [0.15, 0.2) is 182 Å². The third kappa shape index (κ3) is 7.83. The van der Waals surface area contributed by atoms with Crippen LogP contribution in [0.2, 0.25) is 0 Å². The van der Waals surface area contributed by atoms with Crippen molar-refractivity contribution in [3.05, 3.63) is 182 Å². The van der Waals surface area contributed by atoms with Crippen molar-refractivity contribution in [2.45, 2.75) is 47.0 Å². The standard InChI is InChI=1S/C47H52P2/c1-46(2,35-37-48(40-23-11-5-12-24-40,41-25-13-6-14-26-41)42-27-15-7-16-28-42)39-47(3,4)36-38-49(43-29-17-8-18-30-43,44-31-19-9-20-32-44)45-33-21-10-22-34-45/h5-34H,35-39H2,1-4H3/q+2. The largest absolute Gasteiger partial charge is 0.112 e. The van der Waals surface area contributed by atoms with Gasteiger partial charge in [0.25, 0.3) is 0 Å². The fourth-order valence-electron chi connectivity index (χ4n) is 8.18. The van der Waals surface area contributed by atoms with E-state index in [1.807, 2.05) is 0 Å². The van der Waals surface area contributed by atoms with E-state index in [2.05, 4.69) is 210 Å². The van der Waals surface area contributed by atoms with Crippen LogP contribution in [-0.4, -0.2) is 12.3 Å². The molecule has 0 fully saturated rings. The van der Waals surface area contributed by atoms with Crippen LogP contribution >= 0.6 is 14.5 Å². The highest BCUT2D eigenvalue weighted by Crippen LogP contribution is 2.59. The molecule has 0 aliphatic rings. The van der Waals surface area contributed by atoms with E-state index < -0.39 is 14.5 Å². The van der Waals surface area contributed by atoms with E-state index in [4.69, 9.17) is 0 Å². The Balaban J connectivity index is 1.31. The summed E-state index contributed by atoms with van der Waals surface area (Å²) in [6, 6.07) is 68.2. The van der Waals surface area contributed by atoms with Crippen LogP contribution in [-0.2, 0) is 0 Å². The first kappa shape index (κ1) is 35.0. The van der Waals surface area contributed by atoms with Crippen LogP contribution in [0.5, 0.6) is 0 Å². The number of benzene rings is 6. The maximum Gasteiger partial charge on any atom is 0.112 e. The van der Waals surface area contributed by atoms with Gasteiger partial charge in [0.05, 0.1) is 12.3 Å². The molecule has 0 aliphatic heterocycles. The fraction of sp³-hybridized carbons (Fsp3) is 0.234. The molecule has 49 heavy (non-hydrogen) atoms. The van der Waals surface area contributed by atoms with Crippen LogP contribution in [0.3, 0.4) is 0 Å². The van der Waals surface area contributed by atoms with E-state index in [0.717, 1.165) is 12.3 Å². The van der Waals surface area contributed by atoms with Crippen LogP contribution in [0.1, 0.15) is 47.0 Å². The molecule has 0 nitrogen and oxygen atoms in total. The highest BCUT2D eigenvalue weighted by Gasteiger charge is 2.48. The zero-order valence-electron chi connectivity index (χ0n) is 29.8. The Morgan fingerprint density at radius 1 is 0.306 bits per heavy atom. The van der Waals surface area contributed by atoms with Gasteiger partial charge in [-0.1, -0.05) is 137 Å². The van der Waals surface area contributed by atoms with Gasteiger partial charge in [-0.25, -0.2) is 0 Å². The maximum atomic E-state index is 2.53. The summed E-state index contributed by atoms with van der Waals surface area (Å²) >= 11 is 0. The zero-order chi connectivity index (χ0) is 34.2. The summed E-state index contributed by atoms with van der Waals surface area (Å²) < 4.78 is 0. The summed E-state index contributed by atoms with van der Waals surface area (Å²) in [7, 11) is -3.74. The Labute approximate surface area is 297 Å². The highest BCUT2D eigenvalue weighted by atomic mass is 31.2. The quantitative estimate of drug-likeness (QED) is 0.101. The van der Waals surface area contributed by atoms with Crippen molar-refractivity contribution in [1.82, 2.24) is 0 Å². The third-order valence-electron chi connectivity index (χ3n) is 10.4. The van der Waals surface area contributed by atoms with Crippen LogP contribution in [0, 0.1) is 10.8 Å². The number of rotatable bonds is 14. The lowest BCUT2D eigenvalue weighted by molar-refractivity contribution is 0.185. The molecule has 248 valence electrons. The average Bonchev–Trinajstić information content (AvgIpc) is 3.14. The lowest BCUT2D eigenvalue weighted by Gasteiger charge is -2.38. The molecule has 0 saturated heterocycles. The molecule has 6 rings (SSSR count). The summed E-state index contributed by atoms with van der Waals surface area (Å²) in [5, 5.41) is 8.86. The lowest BCUT2D eigenvalue weighted by Crippen LogP contribution is -2.36. The summed E-state index contributed by atoms with van der Waals surface area (Å²) in [6.45, 7) is 10.1. The van der Waals surface area contributed by atoms with E-state index in [0.29, 0.717) is 0 Å². The van der Waals surface area contributed by atoms with Crippen molar-refractivity contribution >= 4 is 46.4 Å². The molecule has 0 aliphatic carbocycles. The molecule has 0 bridgehead atoms. The van der Waals surface area contributed by atoms with Gasteiger partial charge in [-0.15, -0.1) is 0 Å². The van der Waals surface area contributed by atoms with E-state index >= 15 is 0 Å². The SMILES string of the molecule is CC(C)(CC[P+](c1ccccc1)(c1ccccc1)c1ccccc1)CC(C)(C)CC[P+](c1ccccc1)(c1ccccc1)c1ccccc1. The highest BCUT2D eigenvalue weighted by molar-refractivity contribution is 7.96. The van der Waals surface area contributed by atoms with Crippen LogP contribution in [0.4, 0.5) is 0 Å². The van der Waals surface area contributed by atoms with Gasteiger partial charge in [0.1, 0.15) is 46.4 Å². The Bertz CT molecular complexity index is 1520. The molecule has 0 amide bonds. The van der Waals surface area contributed by atoms with Crippen molar-refractivity contribution in [3.63, 3.8) is 0 Å². The van der Waals surface area contributed by atoms with Gasteiger partial charge in [0, 0.05) is 0 Å². The minimum atomic E-state index is -1.87. The molecule has 0 N–H and O–H groups in total. The van der Waals surface area contributed by atoms with Gasteiger partial charge >= 0.3 is 0 Å². The van der Waals surface area contributed by atoms with Crippen molar-refractivity contribution in [3.8, 4) is 0 Å². The smallest absolute Gasteiger partial charge is 0.0620 e. The maximum absolute atomic E-state index is 2.53. The van der Waals surface area contributed by atoms with Gasteiger partial charge in [0.2, 0.25) is 0 Å². The minimum Gasteiger partial charge on any atom is -0.0620 e. The second-order valence-electron chi connectivity index (χ2n) is 15.1. The molecular weight excluding hydrogens is 626 g/mol. The summed E-state index contributed by atoms with van der Waals surface area (Å²) in [6.07, 6.45) is 5.82. The predicted octanol–water partition coefficient (Wildman–Crippen LogP) is 10.2. The zero-order valence-corrected chi connectivity index (χ0v) is 31.5. The molecule has 0 saturated carbocycles. The summed E-state index contributed by atoms with van der Waals surface area (Å²) in [5.74, 6) is 0. The first-order valence-electron chi connectivity index (χ1n) is 17.9. The summed E-state index contributed by atoms with van der Waals surface area (Å²) in [5.41, 5.74) is 0.334. The van der Waals surface area contributed by atoms with Crippen molar-refractivity contribution in [2.75, 3.05) is 12.3 Å². The first-order valence-corrected chi connectivity index (χ1v) is 21.8. The monoisotopic (exact) mass is 678 g/mol. The second-order valence-corrected chi connectivity index (χ2v) is 22.3. The second kappa shape index (κ2) is 15.4. The van der Waals surface area contributed by atoms with E-state index in [9.17, 15) is 0 Å². The topological polar surface area (TPSA) is 0 Å². The third-order valence-corrected chi connectivity index (χ3v) is 19.3. The molecule has 0 unspecified atom stereocenters. The lowest BCUT2D eigenvalue weighted by atomic mass is 9.72. The van der Waals surface area contributed by atoms with Gasteiger partial charge in [-0.05, 0) is 103 Å². The van der Waals surface area contributed by atoms with Crippen molar-refractivity contribution in [2.24, 2.45) is 10.8 Å². The number of hydrogen-bond acceptors (Lipinski definition) is 0. The molecule has 0 spiro atoms. The molecular formula is C47H52P2+2. The normalized spacial score (nSPS) is 12.5. The Kier molecular flexibility index (Phi) is 11.0. The van der Waals surface area contributed by atoms with Gasteiger partial charge in [-0.2, -0.15) is 0 Å². The Morgan fingerprint density at radius 3 is 0.673 bits per heavy atom. The van der Waals surface area contributed by atoms with Crippen molar-refractivity contribution in [1.29, 1.82) is 0 Å².